The highest BCUT2D eigenvalue weighted by Gasteiger charge is 2.07. The zero-order chi connectivity index (χ0) is 13.7. The fraction of sp³-hybridized carbons (Fsp3) is 0.200. The molecule has 0 aliphatic rings. The molecule has 1 unspecified atom stereocenters. The van der Waals surface area contributed by atoms with E-state index >= 15 is 0 Å². The predicted octanol–water partition coefficient (Wildman–Crippen LogP) is 2.84. The van der Waals surface area contributed by atoms with E-state index in [0.717, 1.165) is 11.1 Å². The fourth-order valence-electron chi connectivity index (χ4n) is 1.88. The number of aryl methyl sites for hydroxylation is 1. The Labute approximate surface area is 116 Å². The van der Waals surface area contributed by atoms with Crippen LogP contribution >= 0.6 is 0 Å². The fourth-order valence-corrected chi connectivity index (χ4v) is 2.41. The first-order valence-corrected chi connectivity index (χ1v) is 7.17. The summed E-state index contributed by atoms with van der Waals surface area (Å²) in [6.45, 7) is 2.43. The van der Waals surface area contributed by atoms with Gasteiger partial charge in [0.25, 0.3) is 0 Å². The van der Waals surface area contributed by atoms with Gasteiger partial charge < -0.3 is 8.86 Å². The number of hydrogen-bond donors (Lipinski definition) is 0. The molecule has 3 nitrogen and oxygen atoms in total. The molecule has 2 aromatic rings. The van der Waals surface area contributed by atoms with Gasteiger partial charge in [-0.05, 0) is 31.0 Å². The lowest BCUT2D eigenvalue weighted by atomic mass is 10.1. The number of rotatable bonds is 5. The summed E-state index contributed by atoms with van der Waals surface area (Å²) in [7, 11) is 0. The van der Waals surface area contributed by atoms with Gasteiger partial charge in [0, 0.05) is 23.5 Å². The summed E-state index contributed by atoms with van der Waals surface area (Å²) >= 11 is -2.25. The van der Waals surface area contributed by atoms with E-state index in [4.69, 9.17) is 0 Å². The molecule has 0 radical (unpaired) electrons. The van der Waals surface area contributed by atoms with Gasteiger partial charge in [-0.15, -0.1) is 0 Å². The Hall–Kier alpha value is -1.65. The third-order valence-electron chi connectivity index (χ3n) is 2.95. The third kappa shape index (κ3) is 3.91. The van der Waals surface area contributed by atoms with E-state index in [1.54, 1.807) is 0 Å². The Morgan fingerprint density at radius 1 is 1.05 bits per heavy atom. The first-order valence-electron chi connectivity index (χ1n) is 6.14. The number of hydrogen-bond acceptors (Lipinski definition) is 2. The van der Waals surface area contributed by atoms with Gasteiger partial charge >= 0.3 is 0 Å². The second-order valence-electron chi connectivity index (χ2n) is 4.39. The van der Waals surface area contributed by atoms with Crippen LogP contribution in [0.1, 0.15) is 11.1 Å². The van der Waals surface area contributed by atoms with Gasteiger partial charge in [-0.1, -0.05) is 48.0 Å². The van der Waals surface area contributed by atoms with Crippen molar-refractivity contribution in [3.8, 4) is 0 Å². The van der Waals surface area contributed by atoms with E-state index in [2.05, 4.69) is 0 Å². The normalized spacial score (nSPS) is 12.1. The molecular formula is C15H16NO2S-. The number of benzene rings is 2. The van der Waals surface area contributed by atoms with Gasteiger partial charge in [0.15, 0.2) is 0 Å². The molecule has 0 heterocycles. The van der Waals surface area contributed by atoms with Gasteiger partial charge in [0.2, 0.25) is 0 Å². The van der Waals surface area contributed by atoms with Crippen molar-refractivity contribution in [1.82, 2.24) is 0 Å². The highest BCUT2D eigenvalue weighted by molar-refractivity contribution is 7.80. The minimum absolute atomic E-state index is 0.448. The Morgan fingerprint density at radius 3 is 2.26 bits per heavy atom. The SMILES string of the molecule is Cc1ccc(N(CCc2ccccc2)S(=O)[O-])cc1. The minimum Gasteiger partial charge on any atom is -0.755 e. The van der Waals surface area contributed by atoms with Crippen LogP contribution in [-0.4, -0.2) is 15.3 Å². The van der Waals surface area contributed by atoms with Crippen LogP contribution in [0.2, 0.25) is 0 Å². The van der Waals surface area contributed by atoms with E-state index in [1.807, 2.05) is 61.5 Å². The van der Waals surface area contributed by atoms with Gasteiger partial charge in [-0.2, -0.15) is 0 Å². The standard InChI is InChI=1S/C15H17NO2S/c1-13-7-9-15(10-8-13)16(19(17)18)12-11-14-5-3-2-4-6-14/h2-10H,11-12H2,1H3,(H,17,18)/p-1. The van der Waals surface area contributed by atoms with Crippen molar-refractivity contribution in [3.63, 3.8) is 0 Å². The summed E-state index contributed by atoms with van der Waals surface area (Å²) in [5.74, 6) is 0. The van der Waals surface area contributed by atoms with E-state index < -0.39 is 11.3 Å². The molecule has 0 spiro atoms. The summed E-state index contributed by atoms with van der Waals surface area (Å²) in [5, 5.41) is 0. The van der Waals surface area contributed by atoms with Gasteiger partial charge in [-0.25, -0.2) is 0 Å². The molecule has 0 aromatic heterocycles. The van der Waals surface area contributed by atoms with Crippen molar-refractivity contribution in [1.29, 1.82) is 0 Å². The summed E-state index contributed by atoms with van der Waals surface area (Å²) in [4.78, 5) is 0. The lowest BCUT2D eigenvalue weighted by molar-refractivity contribution is 0.532. The molecule has 0 amide bonds. The monoisotopic (exact) mass is 274 g/mol. The molecule has 1 atom stereocenters. The van der Waals surface area contributed by atoms with Crippen LogP contribution in [0, 0.1) is 6.92 Å². The average molecular weight is 274 g/mol. The lowest BCUT2D eigenvalue weighted by Gasteiger charge is -2.26. The minimum atomic E-state index is -2.25. The van der Waals surface area contributed by atoms with Crippen molar-refractivity contribution in [3.05, 3.63) is 65.7 Å². The van der Waals surface area contributed by atoms with Crippen LogP contribution in [0.4, 0.5) is 5.69 Å². The third-order valence-corrected chi connectivity index (χ3v) is 3.70. The summed E-state index contributed by atoms with van der Waals surface area (Å²) in [5.41, 5.74) is 2.95. The van der Waals surface area contributed by atoms with Crippen LogP contribution in [0.5, 0.6) is 0 Å². The van der Waals surface area contributed by atoms with Crippen molar-refractivity contribution in [2.45, 2.75) is 13.3 Å². The van der Waals surface area contributed by atoms with Gasteiger partial charge in [0.1, 0.15) is 0 Å². The Balaban J connectivity index is 2.09. The molecule has 2 aromatic carbocycles. The molecule has 19 heavy (non-hydrogen) atoms. The van der Waals surface area contributed by atoms with E-state index in [9.17, 15) is 8.76 Å². The predicted molar refractivity (Wildman–Crippen MR) is 77.6 cm³/mol. The molecule has 0 fully saturated rings. The Kier molecular flexibility index (Phi) is 4.71. The van der Waals surface area contributed by atoms with Crippen molar-refractivity contribution in [2.24, 2.45) is 0 Å². The highest BCUT2D eigenvalue weighted by atomic mass is 32.2. The summed E-state index contributed by atoms with van der Waals surface area (Å²) in [6, 6.07) is 17.4. The molecule has 0 saturated heterocycles. The maximum absolute atomic E-state index is 11.3. The molecule has 0 N–H and O–H groups in total. The van der Waals surface area contributed by atoms with Crippen LogP contribution in [0.25, 0.3) is 0 Å². The maximum atomic E-state index is 11.3. The first-order chi connectivity index (χ1) is 9.16. The molecule has 4 heteroatoms. The smallest absolute Gasteiger partial charge is 0.0482 e. The lowest BCUT2D eigenvalue weighted by Crippen LogP contribution is -2.27. The van der Waals surface area contributed by atoms with E-state index in [-0.39, 0.29) is 0 Å². The van der Waals surface area contributed by atoms with Crippen molar-refractivity contribution in [2.75, 3.05) is 10.8 Å². The molecule has 0 aliphatic carbocycles. The van der Waals surface area contributed by atoms with Crippen LogP contribution in [0.3, 0.4) is 0 Å². The highest BCUT2D eigenvalue weighted by Crippen LogP contribution is 2.17. The maximum Gasteiger partial charge on any atom is 0.0482 e. The molecule has 100 valence electrons. The molecule has 0 bridgehead atoms. The molecule has 2 rings (SSSR count). The van der Waals surface area contributed by atoms with Crippen LogP contribution < -0.4 is 4.31 Å². The summed E-state index contributed by atoms with van der Waals surface area (Å²) in [6.07, 6.45) is 0.697. The molecule has 0 aliphatic heterocycles. The van der Waals surface area contributed by atoms with Crippen molar-refractivity contribution < 1.29 is 8.76 Å². The average Bonchev–Trinajstić information content (AvgIpc) is 2.42. The van der Waals surface area contributed by atoms with Crippen molar-refractivity contribution >= 4 is 17.0 Å². The summed E-state index contributed by atoms with van der Waals surface area (Å²) < 4.78 is 24.0. The zero-order valence-electron chi connectivity index (χ0n) is 10.8. The quantitative estimate of drug-likeness (QED) is 0.787. The van der Waals surface area contributed by atoms with Crippen LogP contribution in [0.15, 0.2) is 54.6 Å². The number of anilines is 1. The van der Waals surface area contributed by atoms with E-state index in [0.29, 0.717) is 18.7 Å². The van der Waals surface area contributed by atoms with Gasteiger partial charge in [-0.3, -0.25) is 4.21 Å². The number of nitrogens with zero attached hydrogens (tertiary/aromatic N) is 1. The second-order valence-corrected chi connectivity index (χ2v) is 5.27. The Bertz CT molecular complexity index is 540. The topological polar surface area (TPSA) is 43.4 Å². The Morgan fingerprint density at radius 2 is 1.68 bits per heavy atom. The molecule has 0 saturated carbocycles. The van der Waals surface area contributed by atoms with E-state index in [1.165, 1.54) is 4.31 Å². The van der Waals surface area contributed by atoms with Gasteiger partial charge in [0.05, 0.1) is 0 Å². The first kappa shape index (κ1) is 13.8. The largest absolute Gasteiger partial charge is 0.755 e. The molecular weight excluding hydrogens is 258 g/mol. The zero-order valence-corrected chi connectivity index (χ0v) is 11.6. The van der Waals surface area contributed by atoms with Crippen LogP contribution in [-0.2, 0) is 17.7 Å². The second kappa shape index (κ2) is 6.50.